The Bertz CT molecular complexity index is 3000. The highest BCUT2D eigenvalue weighted by Crippen LogP contribution is 2.49. The lowest BCUT2D eigenvalue weighted by molar-refractivity contribution is -0.163. The summed E-state index contributed by atoms with van der Waals surface area (Å²) in [5.74, 6) is -0.484. The molecule has 5 aromatic carbocycles. The predicted molar refractivity (Wildman–Crippen MR) is 261 cm³/mol. The molecule has 0 unspecified atom stereocenters. The minimum absolute atomic E-state index is 0.00579. The van der Waals surface area contributed by atoms with Crippen molar-refractivity contribution >= 4 is 49.2 Å². The highest BCUT2D eigenvalue weighted by Gasteiger charge is 2.32. The van der Waals surface area contributed by atoms with E-state index in [1.165, 1.54) is 54.1 Å². The molecule has 2 aromatic heterocycles. The van der Waals surface area contributed by atoms with Gasteiger partial charge in [0.2, 0.25) is 12.0 Å². The van der Waals surface area contributed by atoms with Gasteiger partial charge in [0.05, 0.1) is 28.5 Å². The lowest BCUT2D eigenvalue weighted by atomic mass is 9.96. The quantitative estimate of drug-likeness (QED) is 0.0335. The monoisotopic (exact) mass is 980 g/mol. The van der Waals surface area contributed by atoms with E-state index >= 15 is 0 Å². The standard InChI is InChI=1S/C52H50ClFN2O10S2/c1-7-25-61-29-39(30-63-68(59,60)40-20-13-32(2)14-21-40)64-43-24-22-41(33(3)47(43)53)45-46-49(55-31-56-50(46)67-48(45)35-15-17-37(54)18-16-35)65-44(51(58)66-52(4,5)6)27-36-26-38(57)19-23-42(36)62-28-34-11-9-8-10-12-34/h7-24,26,31,39,44,57H,1,25,27-30H2,2-6H3/t39-,44-/m1/s1. The summed E-state index contributed by atoms with van der Waals surface area (Å²) >= 11 is 8.46. The Kier molecular flexibility index (Phi) is 15.8. The van der Waals surface area contributed by atoms with Crippen molar-refractivity contribution in [2.45, 2.75) is 70.4 Å². The predicted octanol–water partition coefficient (Wildman–Crippen LogP) is 11.4. The zero-order chi connectivity index (χ0) is 48.6. The van der Waals surface area contributed by atoms with E-state index in [0.29, 0.717) is 48.7 Å². The van der Waals surface area contributed by atoms with Gasteiger partial charge in [0, 0.05) is 22.4 Å². The van der Waals surface area contributed by atoms with E-state index in [-0.39, 0.29) is 53.5 Å². The highest BCUT2D eigenvalue weighted by molar-refractivity contribution is 7.86. The lowest BCUT2D eigenvalue weighted by Gasteiger charge is -2.25. The molecule has 0 bridgehead atoms. The van der Waals surface area contributed by atoms with Crippen LogP contribution in [0.2, 0.25) is 5.02 Å². The van der Waals surface area contributed by atoms with Gasteiger partial charge in [-0.25, -0.2) is 19.2 Å². The Labute approximate surface area is 404 Å². The number of ether oxygens (including phenoxy) is 5. The number of carbonyl (C=O) groups excluding carboxylic acids is 1. The van der Waals surface area contributed by atoms with Crippen molar-refractivity contribution in [2.24, 2.45) is 0 Å². The van der Waals surface area contributed by atoms with Crippen molar-refractivity contribution in [2.75, 3.05) is 19.8 Å². The summed E-state index contributed by atoms with van der Waals surface area (Å²) in [5, 5.41) is 11.3. The van der Waals surface area contributed by atoms with Crippen molar-refractivity contribution in [3.63, 3.8) is 0 Å². The second-order valence-electron chi connectivity index (χ2n) is 16.8. The van der Waals surface area contributed by atoms with Crippen LogP contribution in [0.25, 0.3) is 31.8 Å². The molecule has 0 aliphatic carbocycles. The van der Waals surface area contributed by atoms with Crippen molar-refractivity contribution in [1.29, 1.82) is 0 Å². The fourth-order valence-electron chi connectivity index (χ4n) is 7.07. The molecule has 7 aromatic rings. The summed E-state index contributed by atoms with van der Waals surface area (Å²) < 4.78 is 76.9. The van der Waals surface area contributed by atoms with Crippen LogP contribution >= 0.6 is 22.9 Å². The van der Waals surface area contributed by atoms with Crippen LogP contribution in [0.5, 0.6) is 23.1 Å². The number of nitrogens with zero attached hydrogens (tertiary/aromatic N) is 2. The summed E-state index contributed by atoms with van der Waals surface area (Å²) in [6.45, 7) is 12.5. The van der Waals surface area contributed by atoms with Gasteiger partial charge >= 0.3 is 5.97 Å². The number of hydrogen-bond acceptors (Lipinski definition) is 13. The maximum Gasteiger partial charge on any atom is 0.348 e. The number of carbonyl (C=O) groups is 1. The van der Waals surface area contributed by atoms with Gasteiger partial charge in [-0.3, -0.25) is 4.18 Å². The largest absolute Gasteiger partial charge is 0.508 e. The smallest absolute Gasteiger partial charge is 0.348 e. The summed E-state index contributed by atoms with van der Waals surface area (Å²) in [5.41, 5.74) is 3.76. The zero-order valence-electron chi connectivity index (χ0n) is 38.0. The number of fused-ring (bicyclic) bond motifs is 1. The number of aromatic hydroxyl groups is 1. The number of thiophene rings is 1. The molecule has 0 saturated heterocycles. The molecular weight excluding hydrogens is 931 g/mol. The number of halogens is 2. The van der Waals surface area contributed by atoms with E-state index in [1.807, 2.05) is 37.3 Å². The van der Waals surface area contributed by atoms with Gasteiger partial charge in [0.15, 0.2) is 0 Å². The summed E-state index contributed by atoms with van der Waals surface area (Å²) in [6.07, 6.45) is 0.554. The number of phenols is 1. The number of aromatic nitrogens is 2. The number of hydrogen-bond donors (Lipinski definition) is 1. The van der Waals surface area contributed by atoms with Crippen LogP contribution in [0.4, 0.5) is 4.39 Å². The maximum atomic E-state index is 14.4. The van der Waals surface area contributed by atoms with E-state index in [4.69, 9.17) is 39.5 Å². The first-order valence-corrected chi connectivity index (χ1v) is 24.1. The second-order valence-corrected chi connectivity index (χ2v) is 19.7. The van der Waals surface area contributed by atoms with E-state index in [9.17, 15) is 22.7 Å². The number of esters is 1. The molecule has 2 heterocycles. The molecule has 0 spiro atoms. The van der Waals surface area contributed by atoms with Crippen LogP contribution in [0.3, 0.4) is 0 Å². The summed E-state index contributed by atoms with van der Waals surface area (Å²) in [6, 6.07) is 29.9. The Hall–Kier alpha value is -6.36. The average molecular weight is 982 g/mol. The number of rotatable bonds is 20. The Morgan fingerprint density at radius 1 is 0.912 bits per heavy atom. The number of phenolic OH excluding ortho intramolecular Hbond substituents is 1. The third kappa shape index (κ3) is 12.4. The molecule has 0 amide bonds. The average Bonchev–Trinajstić information content (AvgIpc) is 3.69. The zero-order valence-corrected chi connectivity index (χ0v) is 40.4. The normalized spacial score (nSPS) is 12.6. The van der Waals surface area contributed by atoms with Crippen molar-refractivity contribution in [3.8, 4) is 44.7 Å². The van der Waals surface area contributed by atoms with Gasteiger partial charge in [0.25, 0.3) is 10.1 Å². The Balaban J connectivity index is 1.28. The number of benzene rings is 5. The molecule has 0 radical (unpaired) electrons. The van der Waals surface area contributed by atoms with E-state index in [1.54, 1.807) is 76.2 Å². The number of aryl methyl sites for hydroxylation is 1. The highest BCUT2D eigenvalue weighted by atomic mass is 35.5. The molecule has 354 valence electrons. The van der Waals surface area contributed by atoms with Crippen LogP contribution < -0.4 is 14.2 Å². The Morgan fingerprint density at radius 3 is 2.34 bits per heavy atom. The molecule has 68 heavy (non-hydrogen) atoms. The fourth-order valence-corrected chi connectivity index (χ4v) is 9.37. The third-order valence-corrected chi connectivity index (χ3v) is 13.3. The minimum Gasteiger partial charge on any atom is -0.508 e. The molecule has 0 fully saturated rings. The first-order valence-electron chi connectivity index (χ1n) is 21.5. The summed E-state index contributed by atoms with van der Waals surface area (Å²) in [4.78, 5) is 24.5. The fraction of sp³-hybridized carbons (Fsp3) is 0.250. The van der Waals surface area contributed by atoms with Crippen LogP contribution in [-0.4, -0.2) is 67.1 Å². The van der Waals surface area contributed by atoms with Crippen LogP contribution in [0.15, 0.2) is 133 Å². The van der Waals surface area contributed by atoms with Gasteiger partial charge in [0.1, 0.15) is 59.1 Å². The molecule has 0 aliphatic rings. The lowest BCUT2D eigenvalue weighted by Crippen LogP contribution is -2.37. The SMILES string of the molecule is C=CCOC[C@H](COS(=O)(=O)c1ccc(C)cc1)Oc1ccc(-c2c(-c3ccc(F)cc3)sc3ncnc(O[C@H](Cc4cc(O)ccc4OCc4ccccc4)C(=O)OC(C)(C)C)c23)c(C)c1Cl. The van der Waals surface area contributed by atoms with E-state index in [2.05, 4.69) is 16.5 Å². The second kappa shape index (κ2) is 21.7. The molecule has 1 N–H and O–H groups in total. The van der Waals surface area contributed by atoms with Gasteiger partial charge in [-0.2, -0.15) is 8.42 Å². The van der Waals surface area contributed by atoms with Crippen LogP contribution in [0.1, 0.15) is 43.0 Å². The van der Waals surface area contributed by atoms with Crippen molar-refractivity contribution in [1.82, 2.24) is 9.97 Å². The topological polar surface area (TPSA) is 153 Å². The molecular formula is C52H50ClFN2O10S2. The first-order chi connectivity index (χ1) is 32.5. The van der Waals surface area contributed by atoms with Crippen molar-refractivity contribution < 1.29 is 50.6 Å². The third-order valence-electron chi connectivity index (χ3n) is 10.3. The van der Waals surface area contributed by atoms with Gasteiger partial charge in [-0.1, -0.05) is 83.9 Å². The van der Waals surface area contributed by atoms with Crippen LogP contribution in [-0.2, 0) is 41.6 Å². The molecule has 0 saturated carbocycles. The molecule has 2 atom stereocenters. The van der Waals surface area contributed by atoms with Gasteiger partial charge < -0.3 is 28.8 Å². The van der Waals surface area contributed by atoms with E-state index in [0.717, 1.165) is 11.1 Å². The molecule has 0 aliphatic heterocycles. The van der Waals surface area contributed by atoms with Gasteiger partial charge in [-0.15, -0.1) is 17.9 Å². The Morgan fingerprint density at radius 2 is 1.63 bits per heavy atom. The molecule has 7 rings (SSSR count). The summed E-state index contributed by atoms with van der Waals surface area (Å²) in [7, 11) is -4.15. The van der Waals surface area contributed by atoms with E-state index < -0.39 is 46.3 Å². The minimum atomic E-state index is -4.15. The maximum absolute atomic E-state index is 14.4. The van der Waals surface area contributed by atoms with Crippen LogP contribution in [0, 0.1) is 19.7 Å². The molecule has 12 nitrogen and oxygen atoms in total. The van der Waals surface area contributed by atoms with Crippen molar-refractivity contribution in [3.05, 3.63) is 161 Å². The first kappa shape index (κ1) is 49.5. The molecule has 16 heteroatoms. The van der Waals surface area contributed by atoms with Gasteiger partial charge in [-0.05, 0) is 105 Å².